The number of nitrogens with zero attached hydrogens (tertiary/aromatic N) is 1. The quantitative estimate of drug-likeness (QED) is 0.747. The van der Waals surface area contributed by atoms with Crippen LogP contribution < -0.4 is 16.8 Å². The molecule has 5 N–H and O–H groups in total. The summed E-state index contributed by atoms with van der Waals surface area (Å²) in [5, 5.41) is 3.48. The fourth-order valence-corrected chi connectivity index (χ4v) is 2.20. The first-order chi connectivity index (χ1) is 9.70. The van der Waals surface area contributed by atoms with Gasteiger partial charge in [-0.15, -0.1) is 0 Å². The number of nitrogens with two attached hydrogens (primary N) is 2. The predicted octanol–water partition coefficient (Wildman–Crippen LogP) is 3.20. The van der Waals surface area contributed by atoms with Crippen LogP contribution in [0, 0.1) is 0 Å². The zero-order valence-corrected chi connectivity index (χ0v) is 11.2. The third-order valence-corrected chi connectivity index (χ3v) is 3.51. The van der Waals surface area contributed by atoms with Crippen LogP contribution in [-0.2, 0) is 0 Å². The van der Waals surface area contributed by atoms with Gasteiger partial charge in [-0.25, -0.2) is 0 Å². The SMILES string of the molecule is Nc1ccc(N=C2CCC2Nc2ccc(N)cc2)cc1. The molecule has 4 nitrogen and oxygen atoms in total. The van der Waals surface area contributed by atoms with E-state index in [0.29, 0.717) is 6.04 Å². The second kappa shape index (κ2) is 5.25. The van der Waals surface area contributed by atoms with E-state index >= 15 is 0 Å². The second-order valence-corrected chi connectivity index (χ2v) is 5.05. The van der Waals surface area contributed by atoms with Gasteiger partial charge in [0.1, 0.15) is 0 Å². The van der Waals surface area contributed by atoms with E-state index in [1.807, 2.05) is 48.5 Å². The summed E-state index contributed by atoms with van der Waals surface area (Å²) in [7, 11) is 0. The summed E-state index contributed by atoms with van der Waals surface area (Å²) in [6.07, 6.45) is 2.15. The number of hydrogen-bond acceptors (Lipinski definition) is 4. The van der Waals surface area contributed by atoms with Gasteiger partial charge < -0.3 is 16.8 Å². The highest BCUT2D eigenvalue weighted by Gasteiger charge is 2.25. The van der Waals surface area contributed by atoms with Crippen molar-refractivity contribution in [1.82, 2.24) is 0 Å². The van der Waals surface area contributed by atoms with Gasteiger partial charge in [0.15, 0.2) is 0 Å². The van der Waals surface area contributed by atoms with Crippen molar-refractivity contribution in [3.8, 4) is 0 Å². The third-order valence-electron chi connectivity index (χ3n) is 3.51. The number of nitrogen functional groups attached to an aromatic ring is 2. The van der Waals surface area contributed by atoms with Gasteiger partial charge in [-0.1, -0.05) is 0 Å². The molecule has 0 amide bonds. The Morgan fingerprint density at radius 1 is 0.900 bits per heavy atom. The van der Waals surface area contributed by atoms with E-state index in [1.54, 1.807) is 0 Å². The lowest BCUT2D eigenvalue weighted by Gasteiger charge is -2.30. The molecule has 0 spiro atoms. The van der Waals surface area contributed by atoms with Gasteiger partial charge in [-0.3, -0.25) is 4.99 Å². The number of anilines is 3. The van der Waals surface area contributed by atoms with Gasteiger partial charge in [-0.05, 0) is 61.4 Å². The predicted molar refractivity (Wildman–Crippen MR) is 85.4 cm³/mol. The van der Waals surface area contributed by atoms with Crippen LogP contribution in [0.25, 0.3) is 0 Å². The minimum Gasteiger partial charge on any atom is -0.399 e. The highest BCUT2D eigenvalue weighted by atomic mass is 15.0. The van der Waals surface area contributed by atoms with Crippen molar-refractivity contribution in [1.29, 1.82) is 0 Å². The Balaban J connectivity index is 1.69. The van der Waals surface area contributed by atoms with Gasteiger partial charge in [-0.2, -0.15) is 0 Å². The van der Waals surface area contributed by atoms with Gasteiger partial charge in [0.25, 0.3) is 0 Å². The number of hydrogen-bond donors (Lipinski definition) is 3. The molecule has 3 rings (SSSR count). The molecule has 1 unspecified atom stereocenters. The van der Waals surface area contributed by atoms with Crippen LogP contribution >= 0.6 is 0 Å². The largest absolute Gasteiger partial charge is 0.399 e. The Morgan fingerprint density at radius 2 is 1.50 bits per heavy atom. The van der Waals surface area contributed by atoms with E-state index in [4.69, 9.17) is 11.5 Å². The summed E-state index contributed by atoms with van der Waals surface area (Å²) in [6, 6.07) is 15.7. The van der Waals surface area contributed by atoms with E-state index in [-0.39, 0.29) is 0 Å². The molecule has 2 aromatic rings. The maximum absolute atomic E-state index is 5.68. The molecule has 2 aromatic carbocycles. The molecule has 4 heteroatoms. The van der Waals surface area contributed by atoms with Crippen molar-refractivity contribution in [2.45, 2.75) is 18.9 Å². The van der Waals surface area contributed by atoms with Crippen molar-refractivity contribution in [3.05, 3.63) is 48.5 Å². The Labute approximate surface area is 118 Å². The first-order valence-electron chi connectivity index (χ1n) is 6.76. The Morgan fingerprint density at radius 3 is 2.05 bits per heavy atom. The minimum atomic E-state index is 0.316. The summed E-state index contributed by atoms with van der Waals surface area (Å²) >= 11 is 0. The highest BCUT2D eigenvalue weighted by Crippen LogP contribution is 2.25. The second-order valence-electron chi connectivity index (χ2n) is 5.05. The van der Waals surface area contributed by atoms with Crippen LogP contribution in [0.4, 0.5) is 22.7 Å². The molecular weight excluding hydrogens is 248 g/mol. The molecule has 102 valence electrons. The molecule has 0 heterocycles. The zero-order valence-electron chi connectivity index (χ0n) is 11.2. The van der Waals surface area contributed by atoms with Crippen LogP contribution in [0.5, 0.6) is 0 Å². The fraction of sp³-hybridized carbons (Fsp3) is 0.188. The summed E-state index contributed by atoms with van der Waals surface area (Å²) < 4.78 is 0. The van der Waals surface area contributed by atoms with Crippen molar-refractivity contribution < 1.29 is 0 Å². The molecule has 1 saturated carbocycles. The molecule has 0 aliphatic heterocycles. The first-order valence-corrected chi connectivity index (χ1v) is 6.76. The maximum atomic E-state index is 5.68. The Kier molecular flexibility index (Phi) is 3.29. The summed E-state index contributed by atoms with van der Waals surface area (Å²) in [5.74, 6) is 0. The summed E-state index contributed by atoms with van der Waals surface area (Å²) in [5.41, 5.74) is 16.1. The van der Waals surface area contributed by atoms with E-state index in [1.165, 1.54) is 5.71 Å². The average Bonchev–Trinajstić information content (AvgIpc) is 2.45. The maximum Gasteiger partial charge on any atom is 0.0649 e. The first kappa shape index (κ1) is 12.5. The van der Waals surface area contributed by atoms with Crippen LogP contribution in [0.3, 0.4) is 0 Å². The summed E-state index contributed by atoms with van der Waals surface area (Å²) in [4.78, 5) is 4.67. The van der Waals surface area contributed by atoms with Crippen molar-refractivity contribution in [3.63, 3.8) is 0 Å². The molecule has 0 saturated heterocycles. The minimum absolute atomic E-state index is 0.316. The highest BCUT2D eigenvalue weighted by molar-refractivity contribution is 5.98. The smallest absolute Gasteiger partial charge is 0.0649 e. The number of benzene rings is 2. The third kappa shape index (κ3) is 2.74. The lowest BCUT2D eigenvalue weighted by atomic mass is 9.89. The monoisotopic (exact) mass is 266 g/mol. The van der Waals surface area contributed by atoms with E-state index < -0.39 is 0 Å². The molecule has 1 aliphatic carbocycles. The van der Waals surface area contributed by atoms with Gasteiger partial charge in [0, 0.05) is 22.8 Å². The van der Waals surface area contributed by atoms with Crippen LogP contribution in [0.15, 0.2) is 53.5 Å². The standard InChI is InChI=1S/C16H18N4/c17-11-1-5-13(6-2-11)19-15-9-10-16(15)20-14-7-3-12(18)4-8-14/h1-8,15,19H,9-10,17-18H2. The lowest BCUT2D eigenvalue weighted by molar-refractivity contribution is 0.717. The zero-order chi connectivity index (χ0) is 13.9. The molecular formula is C16H18N4. The van der Waals surface area contributed by atoms with Crippen LogP contribution in [0.2, 0.25) is 0 Å². The Hall–Kier alpha value is -2.49. The van der Waals surface area contributed by atoms with E-state index in [9.17, 15) is 0 Å². The Bertz CT molecular complexity index is 614. The van der Waals surface area contributed by atoms with Crippen molar-refractivity contribution >= 4 is 28.5 Å². The number of nitrogens with one attached hydrogen (secondary N) is 1. The summed E-state index contributed by atoms with van der Waals surface area (Å²) in [6.45, 7) is 0. The van der Waals surface area contributed by atoms with E-state index in [0.717, 1.165) is 35.6 Å². The molecule has 1 atom stereocenters. The van der Waals surface area contributed by atoms with Crippen LogP contribution in [-0.4, -0.2) is 11.8 Å². The lowest BCUT2D eigenvalue weighted by Crippen LogP contribution is -2.38. The molecule has 0 bridgehead atoms. The van der Waals surface area contributed by atoms with Gasteiger partial charge in [0.05, 0.1) is 11.7 Å². The van der Waals surface area contributed by atoms with Gasteiger partial charge >= 0.3 is 0 Å². The fourth-order valence-electron chi connectivity index (χ4n) is 2.20. The molecule has 20 heavy (non-hydrogen) atoms. The number of rotatable bonds is 3. The topological polar surface area (TPSA) is 76.4 Å². The normalized spacial score (nSPS) is 19.6. The average molecular weight is 266 g/mol. The van der Waals surface area contributed by atoms with Crippen molar-refractivity contribution in [2.24, 2.45) is 4.99 Å². The van der Waals surface area contributed by atoms with Gasteiger partial charge in [0.2, 0.25) is 0 Å². The van der Waals surface area contributed by atoms with Crippen molar-refractivity contribution in [2.75, 3.05) is 16.8 Å². The molecule has 0 radical (unpaired) electrons. The molecule has 1 fully saturated rings. The van der Waals surface area contributed by atoms with Crippen LogP contribution in [0.1, 0.15) is 12.8 Å². The van der Waals surface area contributed by atoms with E-state index in [2.05, 4.69) is 10.3 Å². The number of aliphatic imine (C=N–C) groups is 1. The molecule has 1 aliphatic rings. The molecule has 0 aromatic heterocycles.